The van der Waals surface area contributed by atoms with Crippen LogP contribution in [0.2, 0.25) is 0 Å². The van der Waals surface area contributed by atoms with Gasteiger partial charge in [0.15, 0.2) is 0 Å². The minimum atomic E-state index is -0.650. The number of carbonyl (C=O) groups excluding carboxylic acids is 3. The Labute approximate surface area is 143 Å². The molecule has 24 heavy (non-hydrogen) atoms. The average molecular weight is 334 g/mol. The van der Waals surface area contributed by atoms with Gasteiger partial charge in [0, 0.05) is 13.0 Å². The maximum absolute atomic E-state index is 11.9. The number of rotatable bonds is 9. The molecule has 0 aromatic heterocycles. The van der Waals surface area contributed by atoms with Crippen LogP contribution in [0, 0.1) is 5.92 Å². The van der Waals surface area contributed by atoms with Crippen molar-refractivity contribution in [2.75, 3.05) is 13.7 Å². The molecule has 1 rings (SSSR count). The third-order valence-corrected chi connectivity index (χ3v) is 3.41. The number of esters is 1. The first kappa shape index (κ1) is 19.7. The molecule has 0 aliphatic carbocycles. The minimum Gasteiger partial charge on any atom is -0.467 e. The largest absolute Gasteiger partial charge is 0.467 e. The van der Waals surface area contributed by atoms with E-state index in [0.717, 1.165) is 5.56 Å². The maximum atomic E-state index is 11.9. The van der Waals surface area contributed by atoms with E-state index < -0.39 is 12.0 Å². The Morgan fingerprint density at radius 1 is 1.08 bits per heavy atom. The van der Waals surface area contributed by atoms with Crippen molar-refractivity contribution in [1.82, 2.24) is 10.6 Å². The molecule has 1 aromatic rings. The molecule has 0 aliphatic heterocycles. The zero-order valence-electron chi connectivity index (χ0n) is 14.5. The van der Waals surface area contributed by atoms with E-state index in [-0.39, 0.29) is 37.1 Å². The molecule has 132 valence electrons. The lowest BCUT2D eigenvalue weighted by Gasteiger charge is -2.18. The second-order valence-corrected chi connectivity index (χ2v) is 6.04. The van der Waals surface area contributed by atoms with E-state index in [1.807, 2.05) is 44.2 Å². The molecule has 0 aliphatic rings. The van der Waals surface area contributed by atoms with Crippen LogP contribution in [0.3, 0.4) is 0 Å². The predicted molar refractivity (Wildman–Crippen MR) is 91.2 cm³/mol. The average Bonchev–Trinajstić information content (AvgIpc) is 2.54. The maximum Gasteiger partial charge on any atom is 0.328 e. The van der Waals surface area contributed by atoms with Crippen molar-refractivity contribution in [3.63, 3.8) is 0 Å². The van der Waals surface area contributed by atoms with E-state index in [1.165, 1.54) is 7.11 Å². The quantitative estimate of drug-likeness (QED) is 0.669. The van der Waals surface area contributed by atoms with Gasteiger partial charge in [0.25, 0.3) is 0 Å². The van der Waals surface area contributed by atoms with Crippen LogP contribution >= 0.6 is 0 Å². The lowest BCUT2D eigenvalue weighted by Crippen LogP contribution is -2.43. The van der Waals surface area contributed by atoms with Gasteiger partial charge in [0.1, 0.15) is 6.04 Å². The summed E-state index contributed by atoms with van der Waals surface area (Å²) in [6, 6.07) is 8.73. The summed E-state index contributed by atoms with van der Waals surface area (Å²) in [6.45, 7) is 4.16. The summed E-state index contributed by atoms with van der Waals surface area (Å²) in [7, 11) is 1.30. The molecule has 1 aromatic carbocycles. The third-order valence-electron chi connectivity index (χ3n) is 3.41. The molecule has 2 N–H and O–H groups in total. The first-order valence-corrected chi connectivity index (χ1v) is 8.10. The normalized spacial score (nSPS) is 11.7. The summed E-state index contributed by atoms with van der Waals surface area (Å²) in [6.07, 6.45) is 0.908. The lowest BCUT2D eigenvalue weighted by atomic mass is 10.0. The van der Waals surface area contributed by atoms with Crippen molar-refractivity contribution < 1.29 is 19.1 Å². The molecule has 0 saturated carbocycles. The highest BCUT2D eigenvalue weighted by Crippen LogP contribution is 2.06. The Hall–Kier alpha value is -2.37. The fraction of sp³-hybridized carbons (Fsp3) is 0.500. The van der Waals surface area contributed by atoms with Crippen molar-refractivity contribution in [2.24, 2.45) is 5.92 Å². The Kier molecular flexibility index (Phi) is 8.54. The van der Waals surface area contributed by atoms with Crippen LogP contribution in [0.5, 0.6) is 0 Å². The van der Waals surface area contributed by atoms with Gasteiger partial charge in [0.05, 0.1) is 13.5 Å². The van der Waals surface area contributed by atoms with Crippen LogP contribution in [-0.4, -0.2) is 37.5 Å². The van der Waals surface area contributed by atoms with Crippen LogP contribution in [0.1, 0.15) is 32.3 Å². The molecule has 0 saturated heterocycles. The Morgan fingerprint density at radius 3 is 2.33 bits per heavy atom. The Bertz CT molecular complexity index is 543. The van der Waals surface area contributed by atoms with Crippen molar-refractivity contribution >= 4 is 17.8 Å². The van der Waals surface area contributed by atoms with Crippen molar-refractivity contribution in [1.29, 1.82) is 0 Å². The molecule has 6 heteroatoms. The van der Waals surface area contributed by atoms with Gasteiger partial charge in [0.2, 0.25) is 11.8 Å². The smallest absolute Gasteiger partial charge is 0.328 e. The highest BCUT2D eigenvalue weighted by atomic mass is 16.5. The number of hydrogen-bond donors (Lipinski definition) is 2. The van der Waals surface area contributed by atoms with Crippen molar-refractivity contribution in [3.8, 4) is 0 Å². The van der Waals surface area contributed by atoms with Crippen LogP contribution < -0.4 is 10.6 Å². The highest BCUT2D eigenvalue weighted by molar-refractivity contribution is 5.85. The van der Waals surface area contributed by atoms with E-state index in [9.17, 15) is 14.4 Å². The number of nitrogens with one attached hydrogen (secondary N) is 2. The van der Waals surface area contributed by atoms with Gasteiger partial charge in [-0.15, -0.1) is 0 Å². The summed E-state index contributed by atoms with van der Waals surface area (Å²) in [5.41, 5.74) is 0.919. The molecule has 0 spiro atoms. The number of amides is 2. The van der Waals surface area contributed by atoms with Gasteiger partial charge >= 0.3 is 5.97 Å². The van der Waals surface area contributed by atoms with Gasteiger partial charge in [-0.05, 0) is 17.9 Å². The van der Waals surface area contributed by atoms with E-state index in [2.05, 4.69) is 10.6 Å². The lowest BCUT2D eigenvalue weighted by molar-refractivity contribution is -0.145. The Morgan fingerprint density at radius 2 is 1.75 bits per heavy atom. The van der Waals surface area contributed by atoms with Crippen LogP contribution in [0.15, 0.2) is 30.3 Å². The second-order valence-electron chi connectivity index (χ2n) is 6.04. The topological polar surface area (TPSA) is 84.5 Å². The molecule has 0 bridgehead atoms. The van der Waals surface area contributed by atoms with E-state index in [1.54, 1.807) is 0 Å². The SMILES string of the molecule is COC(=O)C(CC(C)C)NC(=O)CCNC(=O)Cc1ccccc1. The number of carbonyl (C=O) groups is 3. The van der Waals surface area contributed by atoms with Gasteiger partial charge < -0.3 is 15.4 Å². The number of benzene rings is 1. The third kappa shape index (κ3) is 7.76. The molecular weight excluding hydrogens is 308 g/mol. The zero-order chi connectivity index (χ0) is 17.9. The van der Waals surface area contributed by atoms with Crippen molar-refractivity contribution in [2.45, 2.75) is 39.2 Å². The van der Waals surface area contributed by atoms with E-state index in [0.29, 0.717) is 6.42 Å². The number of ether oxygens (including phenoxy) is 1. The van der Waals surface area contributed by atoms with Gasteiger partial charge in [-0.2, -0.15) is 0 Å². The molecule has 2 amide bonds. The van der Waals surface area contributed by atoms with Gasteiger partial charge in [-0.1, -0.05) is 44.2 Å². The highest BCUT2D eigenvalue weighted by Gasteiger charge is 2.22. The zero-order valence-corrected chi connectivity index (χ0v) is 14.5. The van der Waals surface area contributed by atoms with E-state index >= 15 is 0 Å². The summed E-state index contributed by atoms with van der Waals surface area (Å²) in [5.74, 6) is -0.628. The summed E-state index contributed by atoms with van der Waals surface area (Å²) in [5, 5.41) is 5.36. The molecule has 1 unspecified atom stereocenters. The molecule has 1 atom stereocenters. The van der Waals surface area contributed by atoms with Gasteiger partial charge in [-0.25, -0.2) is 4.79 Å². The monoisotopic (exact) mass is 334 g/mol. The summed E-state index contributed by atoms with van der Waals surface area (Å²) < 4.78 is 4.70. The van der Waals surface area contributed by atoms with Gasteiger partial charge in [-0.3, -0.25) is 9.59 Å². The first-order chi connectivity index (χ1) is 11.4. The first-order valence-electron chi connectivity index (χ1n) is 8.10. The van der Waals surface area contributed by atoms with Crippen LogP contribution in [0.4, 0.5) is 0 Å². The standard InChI is InChI=1S/C18H26N2O4/c1-13(2)11-15(18(23)24-3)20-16(21)9-10-19-17(22)12-14-7-5-4-6-8-14/h4-8,13,15H,9-12H2,1-3H3,(H,19,22)(H,20,21). The van der Waals surface area contributed by atoms with Crippen molar-refractivity contribution in [3.05, 3.63) is 35.9 Å². The fourth-order valence-corrected chi connectivity index (χ4v) is 2.25. The molecule has 0 heterocycles. The molecule has 0 radical (unpaired) electrons. The molecule has 6 nitrogen and oxygen atoms in total. The molecule has 0 fully saturated rings. The van der Waals surface area contributed by atoms with E-state index in [4.69, 9.17) is 4.74 Å². The fourth-order valence-electron chi connectivity index (χ4n) is 2.25. The predicted octanol–water partition coefficient (Wildman–Crippen LogP) is 1.44. The van der Waals surface area contributed by atoms with Crippen LogP contribution in [0.25, 0.3) is 0 Å². The summed E-state index contributed by atoms with van der Waals surface area (Å²) >= 11 is 0. The molecular formula is C18H26N2O4. The Balaban J connectivity index is 2.34. The second kappa shape index (κ2) is 10.4. The summed E-state index contributed by atoms with van der Waals surface area (Å²) in [4.78, 5) is 35.4. The minimum absolute atomic E-state index is 0.117. The number of methoxy groups -OCH3 is 1. The number of hydrogen-bond acceptors (Lipinski definition) is 4. The van der Waals surface area contributed by atoms with Crippen LogP contribution in [-0.2, 0) is 25.5 Å².